The molecule has 0 saturated carbocycles. The number of aromatic nitrogens is 5. The van der Waals surface area contributed by atoms with Crippen LogP contribution in [0.4, 0.5) is 0 Å². The van der Waals surface area contributed by atoms with Crippen molar-refractivity contribution in [2.24, 2.45) is 0 Å². The fraction of sp³-hybridized carbons (Fsp3) is 0.0189. The van der Waals surface area contributed by atoms with E-state index in [0.717, 1.165) is 72.5 Å². The van der Waals surface area contributed by atoms with Crippen molar-refractivity contribution in [3.05, 3.63) is 182 Å². The van der Waals surface area contributed by atoms with Crippen molar-refractivity contribution in [3.8, 4) is 22.4 Å². The highest BCUT2D eigenvalue weighted by Crippen LogP contribution is 2.40. The lowest BCUT2D eigenvalue weighted by Gasteiger charge is -2.15. The predicted octanol–water partition coefficient (Wildman–Crippen LogP) is 13.3. The summed E-state index contributed by atoms with van der Waals surface area (Å²) in [6.45, 7) is 0.732. The molecule has 8 aromatic carbocycles. The average molecular weight is 738 g/mol. The number of hydrogen-bond acceptors (Lipinski definition) is 4. The van der Waals surface area contributed by atoms with Crippen LogP contribution < -0.4 is 0 Å². The van der Waals surface area contributed by atoms with Gasteiger partial charge in [0.25, 0.3) is 0 Å². The first-order valence-electron chi connectivity index (χ1n) is 19.7. The number of pyridine rings is 4. The zero-order valence-corrected chi connectivity index (χ0v) is 31.2. The Kier molecular flexibility index (Phi) is 6.44. The third kappa shape index (κ3) is 4.58. The summed E-state index contributed by atoms with van der Waals surface area (Å²) in [5.74, 6) is 0. The first kappa shape index (κ1) is 31.4. The van der Waals surface area contributed by atoms with Gasteiger partial charge in [-0.1, -0.05) is 109 Å². The zero-order chi connectivity index (χ0) is 37.9. The fourth-order valence-corrected chi connectivity index (χ4v) is 9.50. The standard InChI is InChI=1S/C53H31N5/c1-4-31-8-9-33-10-15-40(42-20-16-32(5-1)48(31)49(33)42)30-58-46-22-18-37(41-26-39-14-13-34-6-2-24-54-50(34)52(39)56-29-41)27-43(46)44-28-38(19-23-47(44)58)45-21-17-36-12-11-35-7-3-25-55-51(35)53(36)57-45/h1-29H,30H2. The third-order valence-electron chi connectivity index (χ3n) is 12.3. The van der Waals surface area contributed by atoms with Crippen LogP contribution in [0, 0.1) is 0 Å². The fourth-order valence-electron chi connectivity index (χ4n) is 9.50. The Hall–Kier alpha value is -7.76. The summed E-state index contributed by atoms with van der Waals surface area (Å²) < 4.78 is 2.49. The SMILES string of the molecule is c1cnc2c(c1)ccc1cc(-c3ccc4c(c3)c3cc(-c5ccc6ccc7cccnc7c6n5)ccc3n4Cc3ccc4ccc5cccc6ccc3c4c56)cnc12. The van der Waals surface area contributed by atoms with Gasteiger partial charge in [-0.2, -0.15) is 0 Å². The van der Waals surface area contributed by atoms with E-state index in [1.165, 1.54) is 59.7 Å². The Labute approximate surface area is 331 Å². The first-order chi connectivity index (χ1) is 28.7. The summed E-state index contributed by atoms with van der Waals surface area (Å²) in [5.41, 5.74) is 11.5. The largest absolute Gasteiger partial charge is 0.336 e. The molecule has 5 nitrogen and oxygen atoms in total. The van der Waals surface area contributed by atoms with Gasteiger partial charge < -0.3 is 4.57 Å². The van der Waals surface area contributed by atoms with Crippen LogP contribution in [0.2, 0.25) is 0 Å². The summed E-state index contributed by atoms with van der Waals surface area (Å²) >= 11 is 0. The molecule has 0 atom stereocenters. The van der Waals surface area contributed by atoms with Crippen LogP contribution in [0.15, 0.2) is 176 Å². The second kappa shape index (κ2) is 11.9. The van der Waals surface area contributed by atoms with Crippen molar-refractivity contribution in [1.29, 1.82) is 0 Å². The lowest BCUT2D eigenvalue weighted by molar-refractivity contribution is 0.876. The molecule has 0 N–H and O–H groups in total. The molecule has 0 aliphatic rings. The lowest BCUT2D eigenvalue weighted by atomic mass is 9.92. The molecule has 13 rings (SSSR count). The van der Waals surface area contributed by atoms with Crippen molar-refractivity contribution < 1.29 is 0 Å². The maximum absolute atomic E-state index is 5.24. The minimum Gasteiger partial charge on any atom is -0.336 e. The molecule has 58 heavy (non-hydrogen) atoms. The minimum absolute atomic E-state index is 0.732. The Morgan fingerprint density at radius 3 is 1.72 bits per heavy atom. The van der Waals surface area contributed by atoms with Gasteiger partial charge in [0.2, 0.25) is 0 Å². The second-order valence-electron chi connectivity index (χ2n) is 15.5. The van der Waals surface area contributed by atoms with Crippen LogP contribution in [-0.2, 0) is 6.54 Å². The Morgan fingerprint density at radius 1 is 0.379 bits per heavy atom. The zero-order valence-electron chi connectivity index (χ0n) is 31.2. The molecule has 0 amide bonds. The van der Waals surface area contributed by atoms with Gasteiger partial charge in [0, 0.05) is 79.6 Å². The van der Waals surface area contributed by atoms with Crippen molar-refractivity contribution in [1.82, 2.24) is 24.5 Å². The number of benzene rings is 8. The van der Waals surface area contributed by atoms with Gasteiger partial charge in [-0.15, -0.1) is 0 Å². The van der Waals surface area contributed by atoms with E-state index in [2.05, 4.69) is 155 Å². The molecule has 5 aromatic heterocycles. The summed E-state index contributed by atoms with van der Waals surface area (Å²) in [4.78, 5) is 19.6. The van der Waals surface area contributed by atoms with Crippen molar-refractivity contribution in [3.63, 3.8) is 0 Å². The molecular formula is C53H31N5. The lowest BCUT2D eigenvalue weighted by Crippen LogP contribution is -2.01. The van der Waals surface area contributed by atoms with Gasteiger partial charge in [0.1, 0.15) is 0 Å². The van der Waals surface area contributed by atoms with Crippen molar-refractivity contribution >= 4 is 97.7 Å². The number of fused-ring (bicyclic) bond motifs is 9. The Morgan fingerprint density at radius 2 is 0.948 bits per heavy atom. The maximum atomic E-state index is 5.24. The molecule has 13 aromatic rings. The van der Waals surface area contributed by atoms with Crippen LogP contribution in [0.3, 0.4) is 0 Å². The van der Waals surface area contributed by atoms with E-state index in [0.29, 0.717) is 0 Å². The highest BCUT2D eigenvalue weighted by molar-refractivity contribution is 6.23. The number of nitrogens with zero attached hydrogens (tertiary/aromatic N) is 5. The molecular weight excluding hydrogens is 707 g/mol. The van der Waals surface area contributed by atoms with E-state index in [-0.39, 0.29) is 0 Å². The molecule has 0 aliphatic heterocycles. The summed E-state index contributed by atoms with van der Waals surface area (Å²) in [7, 11) is 0. The topological polar surface area (TPSA) is 56.5 Å². The van der Waals surface area contributed by atoms with Crippen LogP contribution in [0.5, 0.6) is 0 Å². The third-order valence-corrected chi connectivity index (χ3v) is 12.3. The number of rotatable bonds is 4. The van der Waals surface area contributed by atoms with E-state index < -0.39 is 0 Å². The minimum atomic E-state index is 0.732. The van der Waals surface area contributed by atoms with Gasteiger partial charge in [0.05, 0.1) is 27.8 Å². The van der Waals surface area contributed by atoms with E-state index in [9.17, 15) is 0 Å². The van der Waals surface area contributed by atoms with Gasteiger partial charge in [-0.25, -0.2) is 4.98 Å². The van der Waals surface area contributed by atoms with Crippen molar-refractivity contribution in [2.75, 3.05) is 0 Å². The molecule has 0 radical (unpaired) electrons. The highest BCUT2D eigenvalue weighted by Gasteiger charge is 2.18. The molecule has 0 aliphatic carbocycles. The molecule has 5 heterocycles. The predicted molar refractivity (Wildman–Crippen MR) is 241 cm³/mol. The molecule has 0 unspecified atom stereocenters. The van der Waals surface area contributed by atoms with Crippen molar-refractivity contribution in [2.45, 2.75) is 6.54 Å². The first-order valence-corrected chi connectivity index (χ1v) is 19.7. The molecule has 268 valence electrons. The summed E-state index contributed by atoms with van der Waals surface area (Å²) in [6.07, 6.45) is 5.68. The average Bonchev–Trinajstić information content (AvgIpc) is 3.59. The normalized spacial score (nSPS) is 12.2. The highest BCUT2D eigenvalue weighted by atomic mass is 15.0. The molecule has 0 bridgehead atoms. The second-order valence-corrected chi connectivity index (χ2v) is 15.5. The van der Waals surface area contributed by atoms with Crippen LogP contribution in [0.25, 0.3) is 120 Å². The van der Waals surface area contributed by atoms with Crippen LogP contribution in [-0.4, -0.2) is 24.5 Å². The van der Waals surface area contributed by atoms with Gasteiger partial charge in [-0.05, 0) is 92.0 Å². The smallest absolute Gasteiger partial charge is 0.0972 e. The summed E-state index contributed by atoms with van der Waals surface area (Å²) in [6, 6.07) is 57.2. The van der Waals surface area contributed by atoms with E-state index in [1.807, 2.05) is 30.7 Å². The van der Waals surface area contributed by atoms with Gasteiger partial charge in [0.15, 0.2) is 0 Å². The molecule has 0 saturated heterocycles. The molecule has 5 heteroatoms. The Bertz CT molecular complexity index is 3830. The van der Waals surface area contributed by atoms with E-state index in [1.54, 1.807) is 0 Å². The van der Waals surface area contributed by atoms with Crippen LogP contribution in [0.1, 0.15) is 5.56 Å². The van der Waals surface area contributed by atoms with Gasteiger partial charge >= 0.3 is 0 Å². The van der Waals surface area contributed by atoms with Gasteiger partial charge in [-0.3, -0.25) is 15.0 Å². The summed E-state index contributed by atoms with van der Waals surface area (Å²) in [5, 5.41) is 14.5. The van der Waals surface area contributed by atoms with E-state index in [4.69, 9.17) is 15.0 Å². The monoisotopic (exact) mass is 737 g/mol. The van der Waals surface area contributed by atoms with E-state index >= 15 is 0 Å². The van der Waals surface area contributed by atoms with Crippen LogP contribution >= 0.6 is 0 Å². The molecule has 0 spiro atoms. The Balaban J connectivity index is 1.02. The maximum Gasteiger partial charge on any atom is 0.0972 e. The quantitative estimate of drug-likeness (QED) is 0.169. The molecule has 0 fully saturated rings. The number of hydrogen-bond donors (Lipinski definition) is 0.